The van der Waals surface area contributed by atoms with Gasteiger partial charge < -0.3 is 15.7 Å². The maximum Gasteiger partial charge on any atom is 0.129 e. The summed E-state index contributed by atoms with van der Waals surface area (Å²) in [6, 6.07) is 1.86. The smallest absolute Gasteiger partial charge is 0.129 e. The Hall–Kier alpha value is -1.13. The summed E-state index contributed by atoms with van der Waals surface area (Å²) >= 11 is 0. The van der Waals surface area contributed by atoms with Crippen LogP contribution in [0.25, 0.3) is 0 Å². The number of nitrogens with zero attached hydrogens (tertiary/aromatic N) is 2. The van der Waals surface area contributed by atoms with Crippen LogP contribution >= 0.6 is 0 Å². The first kappa shape index (κ1) is 12.9. The molecule has 90 valence electrons. The molecule has 1 unspecified atom stereocenters. The van der Waals surface area contributed by atoms with E-state index in [4.69, 9.17) is 5.73 Å². The zero-order chi connectivity index (χ0) is 12.5. The number of aromatic nitrogens is 1. The van der Waals surface area contributed by atoms with Gasteiger partial charge in [-0.3, -0.25) is 0 Å². The van der Waals surface area contributed by atoms with E-state index >= 15 is 0 Å². The van der Waals surface area contributed by atoms with Crippen LogP contribution in [0, 0.1) is 6.92 Å². The molecule has 16 heavy (non-hydrogen) atoms. The number of hydrogen-bond donors (Lipinski definition) is 2. The second-order valence-corrected chi connectivity index (χ2v) is 4.88. The predicted octanol–water partition coefficient (Wildman–Crippen LogP) is 1.35. The van der Waals surface area contributed by atoms with Gasteiger partial charge in [0.1, 0.15) is 11.9 Å². The van der Waals surface area contributed by atoms with Crippen LogP contribution in [-0.4, -0.2) is 34.6 Å². The molecule has 4 heteroatoms. The summed E-state index contributed by atoms with van der Waals surface area (Å²) in [5.41, 5.74) is 7.13. The molecule has 0 radical (unpaired) electrons. The molecule has 0 aromatic carbocycles. The largest absolute Gasteiger partial charge is 0.386 e. The van der Waals surface area contributed by atoms with Crippen LogP contribution < -0.4 is 5.73 Å². The molecule has 1 rings (SSSR count). The minimum absolute atomic E-state index is 0.387. The van der Waals surface area contributed by atoms with Gasteiger partial charge in [-0.05, 0) is 46.5 Å². The topological polar surface area (TPSA) is 62.4 Å². The van der Waals surface area contributed by atoms with Crippen LogP contribution in [0.15, 0.2) is 12.3 Å². The van der Waals surface area contributed by atoms with Crippen molar-refractivity contribution >= 4 is 5.82 Å². The molecule has 0 saturated carbocycles. The first-order valence-electron chi connectivity index (χ1n) is 5.35. The zero-order valence-electron chi connectivity index (χ0n) is 10.7. The number of rotatable bonds is 3. The molecule has 0 aliphatic carbocycles. The van der Waals surface area contributed by atoms with Gasteiger partial charge in [0.05, 0.1) is 0 Å². The maximum absolute atomic E-state index is 10.4. The Morgan fingerprint density at radius 2 is 2.00 bits per heavy atom. The fourth-order valence-electron chi connectivity index (χ4n) is 1.54. The van der Waals surface area contributed by atoms with Crippen molar-refractivity contribution in [3.05, 3.63) is 23.4 Å². The summed E-state index contributed by atoms with van der Waals surface area (Å²) < 4.78 is 0. The third kappa shape index (κ3) is 2.18. The van der Waals surface area contributed by atoms with Crippen LogP contribution in [0.5, 0.6) is 0 Å². The Morgan fingerprint density at radius 3 is 2.44 bits per heavy atom. The van der Waals surface area contributed by atoms with E-state index in [0.717, 1.165) is 11.1 Å². The number of aliphatic hydroxyl groups excluding tert-OH is 1. The van der Waals surface area contributed by atoms with Gasteiger partial charge in [-0.2, -0.15) is 0 Å². The number of nitrogen functional groups attached to an aromatic ring is 1. The van der Waals surface area contributed by atoms with Crippen molar-refractivity contribution in [3.8, 4) is 0 Å². The Kier molecular flexibility index (Phi) is 3.55. The monoisotopic (exact) mass is 223 g/mol. The molecule has 0 amide bonds. The first-order chi connectivity index (χ1) is 7.28. The Labute approximate surface area is 97.1 Å². The summed E-state index contributed by atoms with van der Waals surface area (Å²) in [6.45, 7) is 5.88. The van der Waals surface area contributed by atoms with Crippen molar-refractivity contribution in [1.29, 1.82) is 0 Å². The molecule has 0 spiro atoms. The van der Waals surface area contributed by atoms with Crippen molar-refractivity contribution in [1.82, 2.24) is 9.88 Å². The van der Waals surface area contributed by atoms with Gasteiger partial charge in [-0.25, -0.2) is 4.98 Å². The number of likely N-dealkylation sites (N-methyl/N-ethyl adjacent to an activating group) is 1. The number of nitrogens with two attached hydrogens (primary N) is 1. The molecular weight excluding hydrogens is 202 g/mol. The van der Waals surface area contributed by atoms with E-state index < -0.39 is 6.10 Å². The summed E-state index contributed by atoms with van der Waals surface area (Å²) in [7, 11) is 3.87. The summed E-state index contributed by atoms with van der Waals surface area (Å²) in [5, 5.41) is 10.4. The predicted molar refractivity (Wildman–Crippen MR) is 66.1 cm³/mol. The minimum atomic E-state index is -0.656. The fraction of sp³-hybridized carbons (Fsp3) is 0.583. The van der Waals surface area contributed by atoms with E-state index in [-0.39, 0.29) is 5.54 Å². The molecular formula is C12H21N3O. The molecule has 0 aliphatic rings. The fourth-order valence-corrected chi connectivity index (χ4v) is 1.54. The lowest BCUT2D eigenvalue weighted by Crippen LogP contribution is -2.44. The zero-order valence-corrected chi connectivity index (χ0v) is 10.7. The number of hydrogen-bond acceptors (Lipinski definition) is 4. The summed E-state index contributed by atoms with van der Waals surface area (Å²) in [6.07, 6.45) is 1.000. The lowest BCUT2D eigenvalue weighted by Gasteiger charge is -2.38. The Bertz CT molecular complexity index is 354. The lowest BCUT2D eigenvalue weighted by atomic mass is 9.88. The van der Waals surface area contributed by atoms with Crippen molar-refractivity contribution < 1.29 is 5.11 Å². The van der Waals surface area contributed by atoms with Crippen molar-refractivity contribution in [2.24, 2.45) is 0 Å². The second-order valence-electron chi connectivity index (χ2n) is 4.88. The standard InChI is InChI=1S/C12H21N3O/c1-8-6-7-14-11(13)9(8)10(16)12(2,3)15(4)5/h6-7,10,16H,1-5H3,(H2,13,14). The molecule has 4 nitrogen and oxygen atoms in total. The van der Waals surface area contributed by atoms with Crippen LogP contribution in [0.3, 0.4) is 0 Å². The van der Waals surface area contributed by atoms with E-state index in [1.807, 2.05) is 45.8 Å². The van der Waals surface area contributed by atoms with E-state index in [1.54, 1.807) is 6.20 Å². The highest BCUT2D eigenvalue weighted by Crippen LogP contribution is 2.33. The van der Waals surface area contributed by atoms with Crippen LogP contribution in [0.2, 0.25) is 0 Å². The normalized spacial score (nSPS) is 14.2. The van der Waals surface area contributed by atoms with Gasteiger partial charge in [0, 0.05) is 17.3 Å². The average Bonchev–Trinajstić information content (AvgIpc) is 2.16. The highest BCUT2D eigenvalue weighted by atomic mass is 16.3. The van der Waals surface area contributed by atoms with Crippen molar-refractivity contribution in [2.75, 3.05) is 19.8 Å². The van der Waals surface area contributed by atoms with Gasteiger partial charge in [0.15, 0.2) is 0 Å². The summed E-state index contributed by atoms with van der Waals surface area (Å²) in [4.78, 5) is 6.01. The second kappa shape index (κ2) is 4.39. The van der Waals surface area contributed by atoms with Gasteiger partial charge in [0.25, 0.3) is 0 Å². The SMILES string of the molecule is Cc1ccnc(N)c1C(O)C(C)(C)N(C)C. The molecule has 0 aliphatic heterocycles. The maximum atomic E-state index is 10.4. The van der Waals surface area contributed by atoms with E-state index in [1.165, 1.54) is 0 Å². The number of aryl methyl sites for hydroxylation is 1. The molecule has 0 saturated heterocycles. The van der Waals surface area contributed by atoms with Crippen LogP contribution in [0.1, 0.15) is 31.1 Å². The molecule has 1 aromatic rings. The first-order valence-corrected chi connectivity index (χ1v) is 5.35. The third-order valence-electron chi connectivity index (χ3n) is 3.33. The van der Waals surface area contributed by atoms with Crippen molar-refractivity contribution in [2.45, 2.75) is 32.4 Å². The number of anilines is 1. The number of pyridine rings is 1. The quantitative estimate of drug-likeness (QED) is 0.812. The van der Waals surface area contributed by atoms with Gasteiger partial charge in [-0.1, -0.05) is 0 Å². The van der Waals surface area contributed by atoms with Crippen molar-refractivity contribution in [3.63, 3.8) is 0 Å². The van der Waals surface area contributed by atoms with E-state index in [9.17, 15) is 5.11 Å². The lowest BCUT2D eigenvalue weighted by molar-refractivity contribution is 0.0163. The Balaban J connectivity index is 3.19. The third-order valence-corrected chi connectivity index (χ3v) is 3.33. The van der Waals surface area contributed by atoms with E-state index in [2.05, 4.69) is 4.98 Å². The molecule has 1 aromatic heterocycles. The Morgan fingerprint density at radius 1 is 1.44 bits per heavy atom. The highest BCUT2D eigenvalue weighted by molar-refractivity contribution is 5.46. The molecule has 0 fully saturated rings. The van der Waals surface area contributed by atoms with Gasteiger partial charge in [-0.15, -0.1) is 0 Å². The molecule has 0 bridgehead atoms. The summed E-state index contributed by atoms with van der Waals surface area (Å²) in [5.74, 6) is 0.405. The number of aliphatic hydroxyl groups is 1. The van der Waals surface area contributed by atoms with Crippen LogP contribution in [-0.2, 0) is 0 Å². The van der Waals surface area contributed by atoms with Crippen LogP contribution in [0.4, 0.5) is 5.82 Å². The average molecular weight is 223 g/mol. The van der Waals surface area contributed by atoms with Gasteiger partial charge in [0.2, 0.25) is 0 Å². The highest BCUT2D eigenvalue weighted by Gasteiger charge is 2.33. The van der Waals surface area contributed by atoms with Gasteiger partial charge >= 0.3 is 0 Å². The van der Waals surface area contributed by atoms with E-state index in [0.29, 0.717) is 5.82 Å². The molecule has 3 N–H and O–H groups in total. The minimum Gasteiger partial charge on any atom is -0.386 e. The molecule has 1 heterocycles. The molecule has 1 atom stereocenters.